The summed E-state index contributed by atoms with van der Waals surface area (Å²) in [7, 11) is 2.06. The highest BCUT2D eigenvalue weighted by molar-refractivity contribution is 7.98. The fourth-order valence-electron chi connectivity index (χ4n) is 2.19. The first kappa shape index (κ1) is 17.9. The first-order valence-electron chi connectivity index (χ1n) is 7.45. The minimum absolute atomic E-state index is 0.414. The van der Waals surface area contributed by atoms with E-state index in [1.54, 1.807) is 0 Å². The maximum atomic E-state index is 9.41. The Balaban J connectivity index is 2.81. The van der Waals surface area contributed by atoms with Crippen molar-refractivity contribution in [3.63, 3.8) is 0 Å². The van der Waals surface area contributed by atoms with Gasteiger partial charge in [0.05, 0.1) is 11.3 Å². The normalized spacial score (nSPS) is 12.2. The van der Waals surface area contributed by atoms with Gasteiger partial charge in [0.2, 0.25) is 0 Å². The number of thioether (sulfide) groups is 1. The van der Waals surface area contributed by atoms with Gasteiger partial charge in [0.25, 0.3) is 0 Å². The Bertz CT molecular complexity index is 479. The number of benzene rings is 1. The molecule has 0 aliphatic rings. The lowest BCUT2D eigenvalue weighted by atomic mass is 10.1. The van der Waals surface area contributed by atoms with Crippen LogP contribution in [0, 0.1) is 17.2 Å². The zero-order valence-corrected chi connectivity index (χ0v) is 14.6. The molecule has 1 aromatic carbocycles. The van der Waals surface area contributed by atoms with E-state index in [9.17, 15) is 5.26 Å². The van der Waals surface area contributed by atoms with Gasteiger partial charge in [-0.15, -0.1) is 0 Å². The second-order valence-electron chi connectivity index (χ2n) is 5.90. The average molecular weight is 305 g/mol. The van der Waals surface area contributed by atoms with Crippen molar-refractivity contribution in [1.82, 2.24) is 5.32 Å². The lowest BCUT2D eigenvalue weighted by Gasteiger charge is -2.27. The highest BCUT2D eigenvalue weighted by Gasteiger charge is 2.13. The van der Waals surface area contributed by atoms with E-state index >= 15 is 0 Å². The van der Waals surface area contributed by atoms with Crippen LogP contribution >= 0.6 is 11.8 Å². The van der Waals surface area contributed by atoms with Crippen LogP contribution in [0.1, 0.15) is 31.9 Å². The molecule has 0 spiro atoms. The number of anilines is 1. The first-order chi connectivity index (χ1) is 9.99. The molecule has 3 nitrogen and oxygen atoms in total. The zero-order chi connectivity index (χ0) is 15.8. The maximum Gasteiger partial charge on any atom is 0.101 e. The summed E-state index contributed by atoms with van der Waals surface area (Å²) in [5, 5.41) is 12.8. The zero-order valence-electron chi connectivity index (χ0n) is 13.8. The van der Waals surface area contributed by atoms with Crippen LogP contribution in [-0.2, 0) is 6.54 Å². The molecule has 0 radical (unpaired) electrons. The average Bonchev–Trinajstić information content (AvgIpc) is 2.46. The quantitative estimate of drug-likeness (QED) is 0.798. The number of nitrogens with one attached hydrogen (secondary N) is 1. The highest BCUT2D eigenvalue weighted by Crippen LogP contribution is 2.23. The van der Waals surface area contributed by atoms with Crippen LogP contribution in [0.15, 0.2) is 18.2 Å². The summed E-state index contributed by atoms with van der Waals surface area (Å²) >= 11 is 1.83. The summed E-state index contributed by atoms with van der Waals surface area (Å²) < 4.78 is 0. The van der Waals surface area contributed by atoms with Gasteiger partial charge in [0.1, 0.15) is 6.07 Å². The molecule has 0 aromatic heterocycles. The van der Waals surface area contributed by atoms with Gasteiger partial charge < -0.3 is 10.2 Å². The van der Waals surface area contributed by atoms with Gasteiger partial charge in [-0.2, -0.15) is 17.0 Å². The lowest BCUT2D eigenvalue weighted by molar-refractivity contribution is 0.552. The van der Waals surface area contributed by atoms with Crippen molar-refractivity contribution in [3.8, 4) is 6.07 Å². The molecule has 0 fully saturated rings. The van der Waals surface area contributed by atoms with Crippen LogP contribution in [0.5, 0.6) is 0 Å². The third-order valence-corrected chi connectivity index (χ3v) is 4.33. The van der Waals surface area contributed by atoms with Crippen LogP contribution in [0.2, 0.25) is 0 Å². The summed E-state index contributed by atoms with van der Waals surface area (Å²) in [6.07, 6.45) is 2.11. The van der Waals surface area contributed by atoms with Crippen molar-refractivity contribution in [1.29, 1.82) is 5.26 Å². The standard InChI is InChI=1S/C17H27N3S/c1-13(2)10-19-11-15-6-7-17(16(8-15)9-18)20(4)14(3)12-21-5/h6-8,13-14,19H,10-12H2,1-5H3. The smallest absolute Gasteiger partial charge is 0.101 e. The van der Waals surface area contributed by atoms with E-state index < -0.39 is 0 Å². The van der Waals surface area contributed by atoms with Crippen molar-refractivity contribution >= 4 is 17.4 Å². The number of hydrogen-bond acceptors (Lipinski definition) is 4. The summed E-state index contributed by atoms with van der Waals surface area (Å²) in [4.78, 5) is 2.19. The highest BCUT2D eigenvalue weighted by atomic mass is 32.2. The van der Waals surface area contributed by atoms with Crippen molar-refractivity contribution in [2.75, 3.05) is 30.5 Å². The molecular formula is C17H27N3S. The van der Waals surface area contributed by atoms with Crippen molar-refractivity contribution in [3.05, 3.63) is 29.3 Å². The minimum atomic E-state index is 0.414. The predicted octanol–water partition coefficient (Wildman–Crippen LogP) is 3.49. The molecule has 1 unspecified atom stereocenters. The van der Waals surface area contributed by atoms with Crippen molar-refractivity contribution < 1.29 is 0 Å². The number of rotatable bonds is 8. The van der Waals surface area contributed by atoms with Crippen LogP contribution in [0.25, 0.3) is 0 Å². The second kappa shape index (κ2) is 8.96. The summed E-state index contributed by atoms with van der Waals surface area (Å²) in [5.41, 5.74) is 2.95. The van der Waals surface area contributed by atoms with Crippen molar-refractivity contribution in [2.24, 2.45) is 5.92 Å². The van der Waals surface area contributed by atoms with E-state index in [-0.39, 0.29) is 0 Å². The third kappa shape index (κ3) is 5.61. The fraction of sp³-hybridized carbons (Fsp3) is 0.588. The van der Waals surface area contributed by atoms with Gasteiger partial charge in [-0.3, -0.25) is 0 Å². The first-order valence-corrected chi connectivity index (χ1v) is 8.84. The molecule has 21 heavy (non-hydrogen) atoms. The Morgan fingerprint density at radius 2 is 2.05 bits per heavy atom. The minimum Gasteiger partial charge on any atom is -0.370 e. The van der Waals surface area contributed by atoms with Crippen LogP contribution < -0.4 is 10.2 Å². The molecule has 4 heteroatoms. The molecule has 0 heterocycles. The molecule has 1 atom stereocenters. The van der Waals surface area contributed by atoms with Crippen LogP contribution in [0.4, 0.5) is 5.69 Å². The van der Waals surface area contributed by atoms with Gasteiger partial charge in [0, 0.05) is 25.4 Å². The SMILES string of the molecule is CSCC(C)N(C)c1ccc(CNCC(C)C)cc1C#N. The monoisotopic (exact) mass is 305 g/mol. The Hall–Kier alpha value is -1.18. The Kier molecular flexibility index (Phi) is 7.63. The van der Waals surface area contributed by atoms with Crippen LogP contribution in [-0.4, -0.2) is 31.6 Å². The van der Waals surface area contributed by atoms with E-state index in [1.165, 1.54) is 5.56 Å². The Labute approximate surface area is 133 Å². The van der Waals surface area contributed by atoms with E-state index in [1.807, 2.05) is 17.8 Å². The molecule has 1 aromatic rings. The van der Waals surface area contributed by atoms with E-state index in [0.29, 0.717) is 12.0 Å². The van der Waals surface area contributed by atoms with Gasteiger partial charge in [0.15, 0.2) is 0 Å². The molecule has 116 valence electrons. The molecule has 0 aliphatic heterocycles. The van der Waals surface area contributed by atoms with Crippen molar-refractivity contribution in [2.45, 2.75) is 33.4 Å². The topological polar surface area (TPSA) is 39.1 Å². The third-order valence-electron chi connectivity index (χ3n) is 3.51. The van der Waals surface area contributed by atoms with E-state index in [2.05, 4.69) is 62.5 Å². The molecule has 1 rings (SSSR count). The molecular weight excluding hydrogens is 278 g/mol. The molecule has 0 bridgehead atoms. The lowest BCUT2D eigenvalue weighted by Crippen LogP contribution is -2.31. The Morgan fingerprint density at radius 3 is 2.62 bits per heavy atom. The number of nitriles is 1. The van der Waals surface area contributed by atoms with E-state index in [0.717, 1.165) is 30.1 Å². The van der Waals surface area contributed by atoms with Crippen LogP contribution in [0.3, 0.4) is 0 Å². The van der Waals surface area contributed by atoms with Gasteiger partial charge in [-0.05, 0) is 43.3 Å². The van der Waals surface area contributed by atoms with Gasteiger partial charge >= 0.3 is 0 Å². The fourth-order valence-corrected chi connectivity index (χ4v) is 2.89. The maximum absolute atomic E-state index is 9.41. The molecule has 0 saturated carbocycles. The molecule has 1 N–H and O–H groups in total. The van der Waals surface area contributed by atoms with Gasteiger partial charge in [-0.1, -0.05) is 19.9 Å². The Morgan fingerprint density at radius 1 is 1.33 bits per heavy atom. The largest absolute Gasteiger partial charge is 0.370 e. The second-order valence-corrected chi connectivity index (χ2v) is 6.81. The summed E-state index contributed by atoms with van der Waals surface area (Å²) in [6, 6.07) is 8.94. The number of hydrogen-bond donors (Lipinski definition) is 1. The molecule has 0 saturated heterocycles. The molecule has 0 aliphatic carbocycles. The summed E-state index contributed by atoms with van der Waals surface area (Å²) in [5.74, 6) is 1.69. The predicted molar refractivity (Wildman–Crippen MR) is 93.9 cm³/mol. The number of nitrogens with zero attached hydrogens (tertiary/aromatic N) is 2. The summed E-state index contributed by atoms with van der Waals surface area (Å²) in [6.45, 7) is 8.39. The molecule has 0 amide bonds. The van der Waals surface area contributed by atoms with Gasteiger partial charge in [-0.25, -0.2) is 0 Å². The van der Waals surface area contributed by atoms with E-state index in [4.69, 9.17) is 0 Å².